The molecule has 7 heteroatoms. The minimum atomic E-state index is 0. The fourth-order valence-corrected chi connectivity index (χ4v) is 1.48. The third kappa shape index (κ3) is 3.77. The van der Waals surface area contributed by atoms with E-state index in [-0.39, 0.29) is 35.5 Å². The van der Waals surface area contributed by atoms with Gasteiger partial charge in [-0.05, 0) is 0 Å². The van der Waals surface area contributed by atoms with Gasteiger partial charge in [-0.2, -0.15) is 4.99 Å². The Morgan fingerprint density at radius 3 is 2.75 bits per heavy atom. The van der Waals surface area contributed by atoms with Crippen molar-refractivity contribution < 1.29 is 29.6 Å². The Morgan fingerprint density at radius 2 is 2.33 bits per heavy atom. The van der Waals surface area contributed by atoms with Crippen molar-refractivity contribution in [1.82, 2.24) is 4.98 Å². The van der Waals surface area contributed by atoms with E-state index < -0.39 is 0 Å². The Kier molecular flexibility index (Phi) is 5.94. The second-order valence-electron chi connectivity index (χ2n) is 1.80. The number of hydrogen-bond acceptors (Lipinski definition) is 4. The number of nitrogens with two attached hydrogens (primary N) is 2. The zero-order chi connectivity index (χ0) is 8.27. The van der Waals surface area contributed by atoms with E-state index in [2.05, 4.69) is 9.98 Å². The quantitative estimate of drug-likeness (QED) is 0.237. The topological polar surface area (TPSA) is 77.3 Å². The first kappa shape index (κ1) is 12.2. The van der Waals surface area contributed by atoms with Crippen molar-refractivity contribution in [3.05, 3.63) is 11.1 Å². The predicted molar refractivity (Wildman–Crippen MR) is 48.7 cm³/mol. The van der Waals surface area contributed by atoms with Crippen molar-refractivity contribution in [2.24, 2.45) is 16.5 Å². The molecule has 1 heterocycles. The zero-order valence-electron chi connectivity index (χ0n) is 6.65. The maximum atomic E-state index is 5.14. The summed E-state index contributed by atoms with van der Waals surface area (Å²) in [6.07, 6.45) is 0. The van der Waals surface area contributed by atoms with E-state index in [1.165, 1.54) is 11.3 Å². The van der Waals surface area contributed by atoms with Crippen molar-refractivity contribution in [3.63, 3.8) is 0 Å². The summed E-state index contributed by atoms with van der Waals surface area (Å²) in [7, 11) is 0. The molecule has 0 radical (unpaired) electrons. The molecule has 0 aromatic carbocycles. The minimum absolute atomic E-state index is 0. The van der Waals surface area contributed by atoms with E-state index in [0.29, 0.717) is 10.9 Å². The Morgan fingerprint density at radius 1 is 1.67 bits per heavy atom. The van der Waals surface area contributed by atoms with E-state index in [1.807, 2.05) is 5.38 Å². The Hall–Kier alpha value is 0.250. The normalized spacial score (nSPS) is 8.75. The summed E-state index contributed by atoms with van der Waals surface area (Å²) >= 11 is 6.16. The van der Waals surface area contributed by atoms with Crippen molar-refractivity contribution in [2.75, 3.05) is 0 Å². The SMILES string of the molecule is NC(N)=Nc1nc(C[S-])cs1.[Na+]. The fraction of sp³-hybridized carbons (Fsp3) is 0.200. The summed E-state index contributed by atoms with van der Waals surface area (Å²) in [5.74, 6) is 0.520. The average Bonchev–Trinajstić information content (AvgIpc) is 2.34. The van der Waals surface area contributed by atoms with Gasteiger partial charge in [0.15, 0.2) is 5.96 Å². The van der Waals surface area contributed by atoms with E-state index in [9.17, 15) is 0 Å². The molecule has 0 unspecified atom stereocenters. The van der Waals surface area contributed by atoms with E-state index >= 15 is 0 Å². The predicted octanol–water partition coefficient (Wildman–Crippen LogP) is -2.90. The Balaban J connectivity index is 0.00000121. The smallest absolute Gasteiger partial charge is 0.786 e. The number of guanidine groups is 1. The molecule has 4 N–H and O–H groups in total. The van der Waals surface area contributed by atoms with Crippen LogP contribution >= 0.6 is 11.3 Å². The first-order valence-electron chi connectivity index (χ1n) is 2.84. The first-order valence-corrected chi connectivity index (χ1v) is 4.30. The van der Waals surface area contributed by atoms with E-state index in [0.717, 1.165) is 5.69 Å². The maximum Gasteiger partial charge on any atom is 1.00 e. The van der Waals surface area contributed by atoms with Crippen molar-refractivity contribution in [3.8, 4) is 0 Å². The zero-order valence-corrected chi connectivity index (χ0v) is 10.3. The first-order chi connectivity index (χ1) is 5.22. The molecular weight excluding hydrogens is 203 g/mol. The number of rotatable bonds is 2. The molecule has 0 bridgehead atoms. The molecule has 0 aliphatic carbocycles. The molecule has 1 aromatic rings. The van der Waals surface area contributed by atoms with Crippen molar-refractivity contribution in [1.29, 1.82) is 0 Å². The Bertz CT molecular complexity index is 268. The van der Waals surface area contributed by atoms with Gasteiger partial charge in [-0.3, -0.25) is 0 Å². The molecule has 12 heavy (non-hydrogen) atoms. The molecule has 0 amide bonds. The molecule has 0 saturated heterocycles. The van der Waals surface area contributed by atoms with Gasteiger partial charge in [-0.25, -0.2) is 4.98 Å². The van der Waals surface area contributed by atoms with Crippen LogP contribution in [0.1, 0.15) is 5.69 Å². The van der Waals surface area contributed by atoms with E-state index in [4.69, 9.17) is 24.1 Å². The van der Waals surface area contributed by atoms with Crippen LogP contribution in [0.3, 0.4) is 0 Å². The van der Waals surface area contributed by atoms with E-state index in [1.54, 1.807) is 0 Å². The van der Waals surface area contributed by atoms with Gasteiger partial charge in [0.25, 0.3) is 0 Å². The molecule has 0 fully saturated rings. The monoisotopic (exact) mass is 210 g/mol. The van der Waals surface area contributed by atoms with Gasteiger partial charge in [-0.15, -0.1) is 17.1 Å². The van der Waals surface area contributed by atoms with Crippen LogP contribution in [-0.2, 0) is 18.4 Å². The van der Waals surface area contributed by atoms with Crippen LogP contribution in [0.25, 0.3) is 0 Å². The standard InChI is InChI=1S/C5H8N4S2.Na/c6-4(7)9-5-8-3(1-10)2-11-5;/h2,10H,1H2,(H4,6,7,8,9);/q;+1/p-1. The van der Waals surface area contributed by atoms with Crippen LogP contribution in [0.15, 0.2) is 10.4 Å². The van der Waals surface area contributed by atoms with Crippen LogP contribution in [0.4, 0.5) is 5.13 Å². The second-order valence-corrected chi connectivity index (χ2v) is 2.93. The van der Waals surface area contributed by atoms with Crippen LogP contribution in [0.2, 0.25) is 0 Å². The number of aromatic nitrogens is 1. The largest absolute Gasteiger partial charge is 1.00 e. The van der Waals surface area contributed by atoms with Crippen molar-refractivity contribution in [2.45, 2.75) is 5.75 Å². The summed E-state index contributed by atoms with van der Waals surface area (Å²) in [4.78, 5) is 7.80. The van der Waals surface area contributed by atoms with Gasteiger partial charge < -0.3 is 24.1 Å². The molecule has 4 nitrogen and oxygen atoms in total. The minimum Gasteiger partial charge on any atom is -0.786 e. The third-order valence-electron chi connectivity index (χ3n) is 0.912. The number of thiazole rings is 1. The maximum absolute atomic E-state index is 5.14. The summed E-state index contributed by atoms with van der Waals surface area (Å²) in [6, 6.07) is 0. The number of nitrogens with zero attached hydrogens (tertiary/aromatic N) is 2. The van der Waals surface area contributed by atoms with Crippen LogP contribution in [0.5, 0.6) is 0 Å². The molecule has 60 valence electrons. The molecule has 0 aliphatic rings. The fourth-order valence-electron chi connectivity index (χ4n) is 0.524. The van der Waals surface area contributed by atoms with Gasteiger partial charge in [0.1, 0.15) is 0 Å². The molecule has 1 rings (SSSR count). The molecular formula is C5H7N4NaS2. The van der Waals surface area contributed by atoms with Crippen molar-refractivity contribution >= 4 is 35.1 Å². The molecule has 0 saturated carbocycles. The molecule has 0 atom stereocenters. The molecule has 1 aromatic heterocycles. The number of aliphatic imine (C=N–C) groups is 1. The molecule has 0 aliphatic heterocycles. The van der Waals surface area contributed by atoms with Gasteiger partial charge in [0, 0.05) is 11.1 Å². The summed E-state index contributed by atoms with van der Waals surface area (Å²) in [5, 5.41) is 2.40. The summed E-state index contributed by atoms with van der Waals surface area (Å²) in [6.45, 7) is 0. The summed E-state index contributed by atoms with van der Waals surface area (Å²) < 4.78 is 0. The number of hydrogen-bond donors (Lipinski definition) is 2. The van der Waals surface area contributed by atoms with Gasteiger partial charge in [0.05, 0.1) is 0 Å². The van der Waals surface area contributed by atoms with Gasteiger partial charge in [-0.1, -0.05) is 0 Å². The van der Waals surface area contributed by atoms with Crippen LogP contribution < -0.4 is 41.0 Å². The second kappa shape index (κ2) is 5.82. The Labute approximate surface area is 102 Å². The van der Waals surface area contributed by atoms with Crippen LogP contribution in [0, 0.1) is 0 Å². The van der Waals surface area contributed by atoms with Gasteiger partial charge in [0.2, 0.25) is 5.13 Å². The summed E-state index contributed by atoms with van der Waals surface area (Å²) in [5.41, 5.74) is 11.1. The van der Waals surface area contributed by atoms with Crippen LogP contribution in [-0.4, -0.2) is 10.9 Å². The third-order valence-corrected chi connectivity index (χ3v) is 1.99. The molecule has 0 spiro atoms. The van der Waals surface area contributed by atoms with Gasteiger partial charge >= 0.3 is 29.6 Å². The average molecular weight is 210 g/mol.